The Hall–Kier alpha value is -2.07. The molecular weight excluding hydrogens is 269 g/mol. The SMILES string of the molecule is O=C(O)[C@H](Nc1ccc(F)cc1)c1ccc(Cl)cc1. The lowest BCUT2D eigenvalue weighted by atomic mass is 10.1. The van der Waals surface area contributed by atoms with E-state index in [0.29, 0.717) is 16.3 Å². The number of rotatable bonds is 4. The predicted molar refractivity (Wildman–Crippen MR) is 71.9 cm³/mol. The second-order valence-electron chi connectivity index (χ2n) is 3.97. The average molecular weight is 280 g/mol. The van der Waals surface area contributed by atoms with E-state index in [9.17, 15) is 14.3 Å². The summed E-state index contributed by atoms with van der Waals surface area (Å²) in [6.45, 7) is 0. The van der Waals surface area contributed by atoms with E-state index in [2.05, 4.69) is 5.32 Å². The van der Waals surface area contributed by atoms with Gasteiger partial charge in [-0.05, 0) is 42.0 Å². The zero-order valence-corrected chi connectivity index (χ0v) is 10.6. The van der Waals surface area contributed by atoms with Crippen molar-refractivity contribution >= 4 is 23.3 Å². The van der Waals surface area contributed by atoms with Crippen LogP contribution in [-0.2, 0) is 4.79 Å². The number of hydrogen-bond donors (Lipinski definition) is 2. The molecule has 2 aromatic carbocycles. The maximum atomic E-state index is 12.8. The second-order valence-corrected chi connectivity index (χ2v) is 4.41. The first-order valence-electron chi connectivity index (χ1n) is 5.56. The van der Waals surface area contributed by atoms with Gasteiger partial charge in [0.2, 0.25) is 0 Å². The summed E-state index contributed by atoms with van der Waals surface area (Å²) in [7, 11) is 0. The van der Waals surface area contributed by atoms with Gasteiger partial charge in [-0.15, -0.1) is 0 Å². The van der Waals surface area contributed by atoms with Crippen molar-refractivity contribution in [3.05, 3.63) is 64.9 Å². The highest BCUT2D eigenvalue weighted by atomic mass is 35.5. The summed E-state index contributed by atoms with van der Waals surface area (Å²) in [5.74, 6) is -1.39. The second kappa shape index (κ2) is 5.71. The molecule has 0 spiro atoms. The van der Waals surface area contributed by atoms with Crippen LogP contribution in [0.15, 0.2) is 48.5 Å². The molecule has 0 amide bonds. The molecule has 0 bridgehead atoms. The highest BCUT2D eigenvalue weighted by Gasteiger charge is 2.19. The Morgan fingerprint density at radius 1 is 1.11 bits per heavy atom. The van der Waals surface area contributed by atoms with Crippen LogP contribution in [0.5, 0.6) is 0 Å². The molecule has 0 saturated heterocycles. The van der Waals surface area contributed by atoms with Gasteiger partial charge in [0.15, 0.2) is 6.04 Å². The maximum Gasteiger partial charge on any atom is 0.330 e. The summed E-state index contributed by atoms with van der Waals surface area (Å²) >= 11 is 5.76. The van der Waals surface area contributed by atoms with E-state index in [1.54, 1.807) is 24.3 Å². The number of carbonyl (C=O) groups is 1. The first-order chi connectivity index (χ1) is 9.06. The normalized spacial score (nSPS) is 11.9. The third-order valence-electron chi connectivity index (χ3n) is 2.61. The van der Waals surface area contributed by atoms with Gasteiger partial charge < -0.3 is 10.4 Å². The third kappa shape index (κ3) is 3.45. The van der Waals surface area contributed by atoms with Crippen LogP contribution >= 0.6 is 11.6 Å². The van der Waals surface area contributed by atoms with Gasteiger partial charge in [0.1, 0.15) is 5.82 Å². The van der Waals surface area contributed by atoms with Gasteiger partial charge in [0, 0.05) is 10.7 Å². The number of hydrogen-bond acceptors (Lipinski definition) is 2. The van der Waals surface area contributed by atoms with E-state index >= 15 is 0 Å². The number of halogens is 2. The van der Waals surface area contributed by atoms with Crippen molar-refractivity contribution in [2.75, 3.05) is 5.32 Å². The van der Waals surface area contributed by atoms with Crippen LogP contribution in [-0.4, -0.2) is 11.1 Å². The number of nitrogens with one attached hydrogen (secondary N) is 1. The fourth-order valence-electron chi connectivity index (χ4n) is 1.66. The van der Waals surface area contributed by atoms with Gasteiger partial charge in [0.25, 0.3) is 0 Å². The van der Waals surface area contributed by atoms with Crippen LogP contribution in [0.2, 0.25) is 5.02 Å². The topological polar surface area (TPSA) is 49.3 Å². The Morgan fingerprint density at radius 3 is 2.21 bits per heavy atom. The smallest absolute Gasteiger partial charge is 0.330 e. The molecule has 1 atom stereocenters. The Balaban J connectivity index is 2.23. The lowest BCUT2D eigenvalue weighted by Gasteiger charge is -2.16. The minimum Gasteiger partial charge on any atom is -0.479 e. The van der Waals surface area contributed by atoms with E-state index in [1.165, 1.54) is 24.3 Å². The van der Waals surface area contributed by atoms with Gasteiger partial charge in [-0.25, -0.2) is 9.18 Å². The number of benzene rings is 2. The van der Waals surface area contributed by atoms with E-state index in [-0.39, 0.29) is 5.82 Å². The van der Waals surface area contributed by atoms with Crippen LogP contribution < -0.4 is 5.32 Å². The summed E-state index contributed by atoms with van der Waals surface area (Å²) in [6.07, 6.45) is 0. The summed E-state index contributed by atoms with van der Waals surface area (Å²) in [5.41, 5.74) is 1.10. The fraction of sp³-hybridized carbons (Fsp3) is 0.0714. The van der Waals surface area contributed by atoms with E-state index < -0.39 is 12.0 Å². The highest BCUT2D eigenvalue weighted by Crippen LogP contribution is 2.21. The number of carboxylic acids is 1. The standard InChI is InChI=1S/C14H11ClFNO2/c15-10-3-1-9(2-4-10)13(14(18)19)17-12-7-5-11(16)6-8-12/h1-8,13,17H,(H,18,19)/t13-/m1/s1. The molecule has 0 aromatic heterocycles. The molecule has 0 aliphatic heterocycles. The van der Waals surface area contributed by atoms with Crippen molar-refractivity contribution in [1.29, 1.82) is 0 Å². The molecule has 19 heavy (non-hydrogen) atoms. The predicted octanol–water partition coefficient (Wildman–Crippen LogP) is 3.72. The van der Waals surface area contributed by atoms with Crippen LogP contribution in [0, 0.1) is 5.82 Å². The molecule has 2 aromatic rings. The Kier molecular flexibility index (Phi) is 4.02. The molecule has 0 aliphatic carbocycles. The fourth-order valence-corrected chi connectivity index (χ4v) is 1.78. The summed E-state index contributed by atoms with van der Waals surface area (Å²) in [6, 6.07) is 11.1. The van der Waals surface area contributed by atoms with Crippen LogP contribution in [0.4, 0.5) is 10.1 Å². The molecule has 0 saturated carbocycles. The summed E-state index contributed by atoms with van der Waals surface area (Å²) in [5, 5.41) is 12.6. The molecule has 0 fully saturated rings. The van der Waals surface area contributed by atoms with Gasteiger partial charge in [-0.1, -0.05) is 23.7 Å². The molecule has 2 N–H and O–H groups in total. The van der Waals surface area contributed by atoms with Gasteiger partial charge in [-0.3, -0.25) is 0 Å². The lowest BCUT2D eigenvalue weighted by molar-refractivity contribution is -0.138. The molecule has 0 unspecified atom stereocenters. The summed E-state index contributed by atoms with van der Waals surface area (Å²) in [4.78, 5) is 11.3. The van der Waals surface area contributed by atoms with Gasteiger partial charge in [0.05, 0.1) is 0 Å². The van der Waals surface area contributed by atoms with Crippen molar-refractivity contribution in [2.24, 2.45) is 0 Å². The van der Waals surface area contributed by atoms with Gasteiger partial charge in [-0.2, -0.15) is 0 Å². The van der Waals surface area contributed by atoms with Crippen molar-refractivity contribution in [3.63, 3.8) is 0 Å². The molecule has 98 valence electrons. The van der Waals surface area contributed by atoms with E-state index in [0.717, 1.165) is 0 Å². The Bertz CT molecular complexity index is 569. The minimum absolute atomic E-state index is 0.371. The number of aliphatic carboxylic acids is 1. The van der Waals surface area contributed by atoms with Crippen LogP contribution in [0.3, 0.4) is 0 Å². The minimum atomic E-state index is -1.02. The monoisotopic (exact) mass is 279 g/mol. The molecular formula is C14H11ClFNO2. The Morgan fingerprint density at radius 2 is 1.68 bits per heavy atom. The number of anilines is 1. The van der Waals surface area contributed by atoms with Gasteiger partial charge >= 0.3 is 5.97 Å². The van der Waals surface area contributed by atoms with E-state index in [1.807, 2.05) is 0 Å². The maximum absolute atomic E-state index is 12.8. The van der Waals surface area contributed by atoms with Crippen molar-refractivity contribution in [3.8, 4) is 0 Å². The largest absolute Gasteiger partial charge is 0.479 e. The lowest BCUT2D eigenvalue weighted by Crippen LogP contribution is -2.20. The zero-order valence-electron chi connectivity index (χ0n) is 9.81. The van der Waals surface area contributed by atoms with Crippen LogP contribution in [0.25, 0.3) is 0 Å². The highest BCUT2D eigenvalue weighted by molar-refractivity contribution is 6.30. The summed E-state index contributed by atoms with van der Waals surface area (Å²) < 4.78 is 12.8. The first-order valence-corrected chi connectivity index (χ1v) is 5.94. The molecule has 0 heterocycles. The molecule has 0 radical (unpaired) electrons. The van der Waals surface area contributed by atoms with Crippen molar-refractivity contribution in [1.82, 2.24) is 0 Å². The Labute approximate surface area is 114 Å². The number of carboxylic acid groups (broad SMARTS) is 1. The molecule has 0 aliphatic rings. The zero-order chi connectivity index (χ0) is 13.8. The van der Waals surface area contributed by atoms with Crippen LogP contribution in [0.1, 0.15) is 11.6 Å². The molecule has 3 nitrogen and oxygen atoms in total. The quantitative estimate of drug-likeness (QED) is 0.897. The molecule has 2 rings (SSSR count). The molecule has 5 heteroatoms. The third-order valence-corrected chi connectivity index (χ3v) is 2.86. The van der Waals surface area contributed by atoms with E-state index in [4.69, 9.17) is 11.6 Å². The van der Waals surface area contributed by atoms with Crippen molar-refractivity contribution < 1.29 is 14.3 Å². The average Bonchev–Trinajstić information content (AvgIpc) is 2.39. The first kappa shape index (κ1) is 13.4. The van der Waals surface area contributed by atoms with Crippen molar-refractivity contribution in [2.45, 2.75) is 6.04 Å².